The van der Waals surface area contributed by atoms with Gasteiger partial charge in [0.25, 0.3) is 0 Å². The minimum absolute atomic E-state index is 0.0695. The molecule has 5 nitrogen and oxygen atoms in total. The quantitative estimate of drug-likeness (QED) is 0.913. The van der Waals surface area contributed by atoms with Gasteiger partial charge >= 0.3 is 0 Å². The van der Waals surface area contributed by atoms with E-state index in [0.29, 0.717) is 17.7 Å². The predicted molar refractivity (Wildman–Crippen MR) is 97.3 cm³/mol. The first-order chi connectivity index (χ1) is 12.0. The molecule has 2 aliphatic rings. The lowest BCUT2D eigenvalue weighted by atomic mass is 9.96. The molecule has 0 spiro atoms. The first-order valence-corrected chi connectivity index (χ1v) is 8.76. The van der Waals surface area contributed by atoms with Crippen LogP contribution >= 0.6 is 0 Å². The number of ether oxygens (including phenoxy) is 1. The van der Waals surface area contributed by atoms with Crippen LogP contribution in [0.2, 0.25) is 0 Å². The van der Waals surface area contributed by atoms with Gasteiger partial charge in [-0.25, -0.2) is 0 Å². The minimum Gasteiger partial charge on any atom is -0.484 e. The third-order valence-corrected chi connectivity index (χ3v) is 4.90. The van der Waals surface area contributed by atoms with Crippen LogP contribution in [0, 0.1) is 0 Å². The molecule has 0 aliphatic carbocycles. The van der Waals surface area contributed by atoms with E-state index in [0.717, 1.165) is 30.9 Å². The van der Waals surface area contributed by atoms with Crippen molar-refractivity contribution in [2.45, 2.75) is 31.9 Å². The molecular formula is C20H23N3O2. The molecule has 25 heavy (non-hydrogen) atoms. The Morgan fingerprint density at radius 2 is 2.20 bits per heavy atom. The number of nitrogens with one attached hydrogen (secondary N) is 1. The molecule has 1 unspecified atom stereocenters. The molecule has 2 aromatic rings. The number of fused-ring (bicyclic) bond motifs is 1. The molecule has 0 radical (unpaired) electrons. The number of carbonyl (C=O) groups is 1. The van der Waals surface area contributed by atoms with Crippen molar-refractivity contribution in [3.63, 3.8) is 0 Å². The number of hydrogen-bond donors (Lipinski definition) is 1. The Kier molecular flexibility index (Phi) is 3.96. The fraction of sp³-hybridized carbons (Fsp3) is 0.400. The number of ketones is 1. The van der Waals surface area contributed by atoms with Gasteiger partial charge in [-0.15, -0.1) is 0 Å². The number of anilines is 1. The second-order valence-electron chi connectivity index (χ2n) is 7.43. The molecule has 1 N–H and O–H groups in total. The molecule has 4 rings (SSSR count). The fourth-order valence-electron chi connectivity index (χ4n) is 3.62. The lowest BCUT2D eigenvalue weighted by Gasteiger charge is -2.40. The maximum absolute atomic E-state index is 12.7. The number of piperazine rings is 1. The van der Waals surface area contributed by atoms with E-state index < -0.39 is 0 Å². The normalized spacial score (nSPS) is 22.2. The van der Waals surface area contributed by atoms with Crippen LogP contribution in [0.5, 0.6) is 5.75 Å². The molecule has 0 amide bonds. The summed E-state index contributed by atoms with van der Waals surface area (Å²) in [6.45, 7) is 7.20. The molecule has 0 saturated carbocycles. The maximum atomic E-state index is 12.7. The summed E-state index contributed by atoms with van der Waals surface area (Å²) in [5, 5.41) is 3.51. The van der Waals surface area contributed by atoms with Crippen LogP contribution in [0.4, 0.5) is 5.69 Å². The Bertz CT molecular complexity index is 789. The molecule has 1 aromatic carbocycles. The Morgan fingerprint density at radius 3 is 2.96 bits per heavy atom. The highest BCUT2D eigenvalue weighted by Gasteiger charge is 2.30. The Hall–Kier alpha value is -2.40. The fourth-order valence-corrected chi connectivity index (χ4v) is 3.62. The standard InChI is InChI=1S/C20H23N3O2/c1-20(2)13-23(9-8-22-20)15-5-6-18-16(10-15)17(24)11-19(25-18)14-4-3-7-21-12-14/h3-7,10,12,19,22H,8-9,11,13H2,1-2H3. The van der Waals surface area contributed by atoms with E-state index in [1.807, 2.05) is 24.3 Å². The van der Waals surface area contributed by atoms with Gasteiger partial charge in [-0.05, 0) is 38.1 Å². The molecule has 3 heterocycles. The number of rotatable bonds is 2. The summed E-state index contributed by atoms with van der Waals surface area (Å²) < 4.78 is 6.08. The molecule has 1 saturated heterocycles. The largest absolute Gasteiger partial charge is 0.484 e. The van der Waals surface area contributed by atoms with Crippen molar-refractivity contribution in [1.82, 2.24) is 10.3 Å². The number of benzene rings is 1. The summed E-state index contributed by atoms with van der Waals surface area (Å²) in [5.41, 5.74) is 2.79. The van der Waals surface area contributed by atoms with E-state index in [9.17, 15) is 4.79 Å². The Balaban J connectivity index is 1.60. The van der Waals surface area contributed by atoms with Gasteiger partial charge in [-0.3, -0.25) is 9.78 Å². The van der Waals surface area contributed by atoms with Crippen molar-refractivity contribution >= 4 is 11.5 Å². The first kappa shape index (κ1) is 16.1. The molecule has 2 aliphatic heterocycles. The molecule has 1 atom stereocenters. The number of carbonyl (C=O) groups excluding carboxylic acids is 1. The van der Waals surface area contributed by atoms with Crippen molar-refractivity contribution in [3.05, 3.63) is 53.9 Å². The number of hydrogen-bond acceptors (Lipinski definition) is 5. The van der Waals surface area contributed by atoms with Gasteiger partial charge < -0.3 is 15.0 Å². The van der Waals surface area contributed by atoms with Crippen molar-refractivity contribution in [1.29, 1.82) is 0 Å². The molecule has 5 heteroatoms. The van der Waals surface area contributed by atoms with Crippen LogP contribution in [0.15, 0.2) is 42.7 Å². The Labute approximate surface area is 148 Å². The average molecular weight is 337 g/mol. The van der Waals surface area contributed by atoms with Gasteiger partial charge in [-0.2, -0.15) is 0 Å². The van der Waals surface area contributed by atoms with E-state index in [1.54, 1.807) is 12.4 Å². The van der Waals surface area contributed by atoms with E-state index >= 15 is 0 Å². The van der Waals surface area contributed by atoms with Crippen LogP contribution in [0.1, 0.15) is 42.3 Å². The summed E-state index contributed by atoms with van der Waals surface area (Å²) in [6.07, 6.45) is 3.59. The molecule has 0 bridgehead atoms. The van der Waals surface area contributed by atoms with E-state index in [1.165, 1.54) is 0 Å². The van der Waals surface area contributed by atoms with Crippen LogP contribution in [-0.2, 0) is 0 Å². The molecular weight excluding hydrogens is 314 g/mol. The second kappa shape index (κ2) is 6.15. The Morgan fingerprint density at radius 1 is 1.32 bits per heavy atom. The van der Waals surface area contributed by atoms with Gasteiger partial charge in [0.05, 0.1) is 12.0 Å². The van der Waals surface area contributed by atoms with E-state index in [2.05, 4.69) is 35.1 Å². The lowest BCUT2D eigenvalue weighted by Crippen LogP contribution is -2.57. The summed E-state index contributed by atoms with van der Waals surface area (Å²) in [5.74, 6) is 0.801. The highest BCUT2D eigenvalue weighted by atomic mass is 16.5. The van der Waals surface area contributed by atoms with Crippen molar-refractivity contribution in [3.8, 4) is 5.75 Å². The topological polar surface area (TPSA) is 54.5 Å². The van der Waals surface area contributed by atoms with Crippen LogP contribution in [0.3, 0.4) is 0 Å². The molecule has 1 aromatic heterocycles. The minimum atomic E-state index is -0.252. The summed E-state index contributed by atoms with van der Waals surface area (Å²) in [4.78, 5) is 19.2. The zero-order valence-electron chi connectivity index (χ0n) is 14.7. The van der Waals surface area contributed by atoms with Gasteiger partial charge in [0.15, 0.2) is 5.78 Å². The van der Waals surface area contributed by atoms with Gasteiger partial charge in [0, 0.05) is 48.8 Å². The van der Waals surface area contributed by atoms with Crippen LogP contribution in [-0.4, -0.2) is 35.9 Å². The number of nitrogens with zero attached hydrogens (tertiary/aromatic N) is 2. The second-order valence-corrected chi connectivity index (χ2v) is 7.43. The van der Waals surface area contributed by atoms with Crippen LogP contribution in [0.25, 0.3) is 0 Å². The lowest BCUT2D eigenvalue weighted by molar-refractivity contribution is 0.0850. The maximum Gasteiger partial charge on any atom is 0.170 e. The molecule has 130 valence electrons. The first-order valence-electron chi connectivity index (χ1n) is 8.76. The highest BCUT2D eigenvalue weighted by molar-refractivity contribution is 6.00. The van der Waals surface area contributed by atoms with Gasteiger partial charge in [-0.1, -0.05) is 6.07 Å². The van der Waals surface area contributed by atoms with Crippen LogP contribution < -0.4 is 15.0 Å². The van der Waals surface area contributed by atoms with Gasteiger partial charge in [0.2, 0.25) is 0 Å². The smallest absolute Gasteiger partial charge is 0.170 e. The zero-order chi connectivity index (χ0) is 17.4. The van der Waals surface area contributed by atoms with Gasteiger partial charge in [0.1, 0.15) is 11.9 Å². The SMILES string of the molecule is CC1(C)CN(c2ccc3c(c2)C(=O)CC(c2cccnc2)O3)CCN1. The van der Waals surface area contributed by atoms with E-state index in [4.69, 9.17) is 4.74 Å². The molecule has 1 fully saturated rings. The number of Topliss-reactive ketones (excluding diaryl/α,β-unsaturated/α-hetero) is 1. The number of aromatic nitrogens is 1. The predicted octanol–water partition coefficient (Wildman–Crippen LogP) is 2.98. The monoisotopic (exact) mass is 337 g/mol. The third kappa shape index (κ3) is 3.24. The third-order valence-electron chi connectivity index (χ3n) is 4.90. The summed E-state index contributed by atoms with van der Waals surface area (Å²) in [6, 6.07) is 9.79. The van der Waals surface area contributed by atoms with E-state index in [-0.39, 0.29) is 17.4 Å². The average Bonchev–Trinajstić information content (AvgIpc) is 2.61. The zero-order valence-corrected chi connectivity index (χ0v) is 14.7. The summed E-state index contributed by atoms with van der Waals surface area (Å²) in [7, 11) is 0. The van der Waals surface area contributed by atoms with Crippen molar-refractivity contribution in [2.24, 2.45) is 0 Å². The summed E-state index contributed by atoms with van der Waals surface area (Å²) >= 11 is 0. The van der Waals surface area contributed by atoms with Crippen molar-refractivity contribution in [2.75, 3.05) is 24.5 Å². The highest BCUT2D eigenvalue weighted by Crippen LogP contribution is 2.37. The van der Waals surface area contributed by atoms with Crippen molar-refractivity contribution < 1.29 is 9.53 Å². The number of pyridine rings is 1.